The molecule has 158 valence electrons. The molecule has 10 heteroatoms. The highest BCUT2D eigenvalue weighted by molar-refractivity contribution is 7.89. The van der Waals surface area contributed by atoms with Crippen molar-refractivity contribution >= 4 is 43.9 Å². The van der Waals surface area contributed by atoms with Crippen molar-refractivity contribution in [1.82, 2.24) is 4.72 Å². The molecule has 0 spiro atoms. The minimum atomic E-state index is -3.64. The van der Waals surface area contributed by atoms with Crippen molar-refractivity contribution in [2.75, 3.05) is 17.2 Å². The number of furan rings is 1. The molecule has 2 amide bonds. The van der Waals surface area contributed by atoms with Crippen molar-refractivity contribution in [2.24, 2.45) is 0 Å². The van der Waals surface area contributed by atoms with Crippen LogP contribution >= 0.6 is 11.3 Å². The third-order valence-electron chi connectivity index (χ3n) is 4.04. The molecule has 2 heterocycles. The van der Waals surface area contributed by atoms with Crippen LogP contribution in [0.2, 0.25) is 0 Å². The predicted molar refractivity (Wildman–Crippen MR) is 115 cm³/mol. The number of carbonyl (C=O) groups excluding carboxylic acids is 2. The van der Waals surface area contributed by atoms with Crippen LogP contribution < -0.4 is 15.4 Å². The van der Waals surface area contributed by atoms with Crippen molar-refractivity contribution in [3.8, 4) is 0 Å². The van der Waals surface area contributed by atoms with E-state index >= 15 is 0 Å². The van der Waals surface area contributed by atoms with E-state index in [0.29, 0.717) is 22.1 Å². The number of anilines is 2. The van der Waals surface area contributed by atoms with E-state index in [1.165, 1.54) is 24.5 Å². The SMILES string of the molecule is CCCCNS(=O)(=O)c1cccc(NC(=O)c2ccc(NC(=O)c3ccco3)s2)c1. The Morgan fingerprint density at radius 3 is 2.60 bits per heavy atom. The van der Waals surface area contributed by atoms with Gasteiger partial charge in [-0.25, -0.2) is 13.1 Å². The van der Waals surface area contributed by atoms with E-state index < -0.39 is 21.8 Å². The fraction of sp³-hybridized carbons (Fsp3) is 0.200. The van der Waals surface area contributed by atoms with Crippen LogP contribution in [0.3, 0.4) is 0 Å². The number of benzene rings is 1. The lowest BCUT2D eigenvalue weighted by Gasteiger charge is -2.09. The Hall–Kier alpha value is -2.95. The quantitative estimate of drug-likeness (QED) is 0.430. The van der Waals surface area contributed by atoms with E-state index in [1.807, 2.05) is 6.92 Å². The Kier molecular flexibility index (Phi) is 7.03. The summed E-state index contributed by atoms with van der Waals surface area (Å²) in [6.07, 6.45) is 3.02. The van der Waals surface area contributed by atoms with Crippen LogP contribution in [0.1, 0.15) is 40.0 Å². The number of hydrogen-bond acceptors (Lipinski definition) is 6. The largest absolute Gasteiger partial charge is 0.459 e. The zero-order valence-corrected chi connectivity index (χ0v) is 17.8. The van der Waals surface area contributed by atoms with Gasteiger partial charge in [0.1, 0.15) is 0 Å². The van der Waals surface area contributed by atoms with Crippen molar-refractivity contribution in [3.05, 3.63) is 65.4 Å². The second-order valence-corrected chi connectivity index (χ2v) is 9.18. The van der Waals surface area contributed by atoms with Crippen molar-refractivity contribution in [2.45, 2.75) is 24.7 Å². The third-order valence-corrected chi connectivity index (χ3v) is 6.49. The molecule has 2 aromatic heterocycles. The number of sulfonamides is 1. The highest BCUT2D eigenvalue weighted by Crippen LogP contribution is 2.24. The predicted octanol–water partition coefficient (Wildman–Crippen LogP) is 3.92. The second-order valence-electron chi connectivity index (χ2n) is 6.33. The lowest BCUT2D eigenvalue weighted by atomic mass is 10.3. The average molecular weight is 448 g/mol. The van der Waals surface area contributed by atoms with Gasteiger partial charge in [-0.2, -0.15) is 0 Å². The van der Waals surface area contributed by atoms with Gasteiger partial charge in [-0.1, -0.05) is 19.4 Å². The molecule has 0 aliphatic carbocycles. The zero-order valence-electron chi connectivity index (χ0n) is 16.2. The first-order chi connectivity index (χ1) is 14.4. The average Bonchev–Trinajstić information content (AvgIpc) is 3.40. The molecular formula is C20H21N3O5S2. The molecule has 3 aromatic rings. The minimum absolute atomic E-state index is 0.0778. The van der Waals surface area contributed by atoms with Gasteiger partial charge in [-0.15, -0.1) is 11.3 Å². The second kappa shape index (κ2) is 9.70. The van der Waals surface area contributed by atoms with Gasteiger partial charge >= 0.3 is 0 Å². The maximum absolute atomic E-state index is 12.5. The summed E-state index contributed by atoms with van der Waals surface area (Å²) in [4.78, 5) is 25.0. The van der Waals surface area contributed by atoms with Crippen LogP contribution in [0.25, 0.3) is 0 Å². The van der Waals surface area contributed by atoms with Crippen molar-refractivity contribution in [1.29, 1.82) is 0 Å². The van der Waals surface area contributed by atoms with Crippen LogP contribution in [0.15, 0.2) is 64.1 Å². The first kappa shape index (κ1) is 21.8. The Balaban J connectivity index is 1.65. The lowest BCUT2D eigenvalue weighted by Crippen LogP contribution is -2.24. The number of unbranched alkanes of at least 4 members (excludes halogenated alkanes) is 1. The van der Waals surface area contributed by atoms with Crippen LogP contribution in [0.5, 0.6) is 0 Å². The first-order valence-electron chi connectivity index (χ1n) is 9.25. The maximum Gasteiger partial charge on any atom is 0.291 e. The molecule has 0 aliphatic heterocycles. The molecule has 0 unspecified atom stereocenters. The normalized spacial score (nSPS) is 11.2. The highest BCUT2D eigenvalue weighted by Gasteiger charge is 2.16. The number of hydrogen-bond donors (Lipinski definition) is 3. The summed E-state index contributed by atoms with van der Waals surface area (Å²) in [5.74, 6) is -0.658. The minimum Gasteiger partial charge on any atom is -0.459 e. The molecule has 3 rings (SSSR count). The molecule has 3 N–H and O–H groups in total. The van der Waals surface area contributed by atoms with Gasteiger partial charge in [-0.05, 0) is 48.9 Å². The van der Waals surface area contributed by atoms with Crippen molar-refractivity contribution < 1.29 is 22.4 Å². The summed E-state index contributed by atoms with van der Waals surface area (Å²) >= 11 is 1.09. The molecule has 1 aromatic carbocycles. The molecule has 0 saturated carbocycles. The first-order valence-corrected chi connectivity index (χ1v) is 11.5. The van der Waals surface area contributed by atoms with E-state index in [-0.39, 0.29) is 10.7 Å². The molecule has 0 saturated heterocycles. The molecule has 0 aliphatic rings. The van der Waals surface area contributed by atoms with E-state index in [2.05, 4.69) is 15.4 Å². The summed E-state index contributed by atoms with van der Waals surface area (Å²) in [7, 11) is -3.64. The Bertz CT molecular complexity index is 1120. The van der Waals surface area contributed by atoms with Gasteiger partial charge in [-0.3, -0.25) is 9.59 Å². The van der Waals surface area contributed by atoms with Gasteiger partial charge < -0.3 is 15.1 Å². The third kappa shape index (κ3) is 5.56. The number of nitrogens with one attached hydrogen (secondary N) is 3. The summed E-state index contributed by atoms with van der Waals surface area (Å²) in [6.45, 7) is 2.33. The topological polar surface area (TPSA) is 118 Å². The fourth-order valence-corrected chi connectivity index (χ4v) is 4.42. The fourth-order valence-electron chi connectivity index (χ4n) is 2.51. The molecule has 0 fully saturated rings. The highest BCUT2D eigenvalue weighted by atomic mass is 32.2. The van der Waals surface area contributed by atoms with Gasteiger partial charge in [0.2, 0.25) is 10.0 Å². The molecular weight excluding hydrogens is 426 g/mol. The van der Waals surface area contributed by atoms with Gasteiger partial charge in [0, 0.05) is 12.2 Å². The molecule has 0 radical (unpaired) electrons. The van der Waals surface area contributed by atoms with Crippen LogP contribution in [0, 0.1) is 0 Å². The van der Waals surface area contributed by atoms with E-state index in [0.717, 1.165) is 24.2 Å². The number of carbonyl (C=O) groups is 2. The molecule has 0 bridgehead atoms. The molecule has 0 atom stereocenters. The van der Waals surface area contributed by atoms with Gasteiger partial charge in [0.15, 0.2) is 5.76 Å². The summed E-state index contributed by atoms with van der Waals surface area (Å²) in [5.41, 5.74) is 0.355. The Morgan fingerprint density at radius 2 is 1.87 bits per heavy atom. The van der Waals surface area contributed by atoms with E-state index in [1.54, 1.807) is 30.3 Å². The van der Waals surface area contributed by atoms with Crippen molar-refractivity contribution in [3.63, 3.8) is 0 Å². The number of amides is 2. The van der Waals surface area contributed by atoms with E-state index in [9.17, 15) is 18.0 Å². The molecule has 8 nitrogen and oxygen atoms in total. The number of rotatable bonds is 9. The maximum atomic E-state index is 12.5. The Labute approximate surface area is 178 Å². The lowest BCUT2D eigenvalue weighted by molar-refractivity contribution is 0.0995. The zero-order chi connectivity index (χ0) is 21.6. The summed E-state index contributed by atoms with van der Waals surface area (Å²) in [5, 5.41) is 5.82. The number of thiophene rings is 1. The van der Waals surface area contributed by atoms with Crippen LogP contribution in [0.4, 0.5) is 10.7 Å². The van der Waals surface area contributed by atoms with Crippen LogP contribution in [-0.2, 0) is 10.0 Å². The Morgan fingerprint density at radius 1 is 1.03 bits per heavy atom. The summed E-state index contributed by atoms with van der Waals surface area (Å²) in [6, 6.07) is 12.4. The summed E-state index contributed by atoms with van der Waals surface area (Å²) < 4.78 is 32.3. The van der Waals surface area contributed by atoms with Gasteiger partial charge in [0.05, 0.1) is 21.0 Å². The molecule has 30 heavy (non-hydrogen) atoms. The van der Waals surface area contributed by atoms with Crippen LogP contribution in [-0.4, -0.2) is 26.8 Å². The smallest absolute Gasteiger partial charge is 0.291 e. The monoisotopic (exact) mass is 447 g/mol. The standard InChI is InChI=1S/C20H21N3O5S2/c1-2-3-11-21-30(26,27)15-7-4-6-14(13-15)22-20(25)17-9-10-18(29-17)23-19(24)16-8-5-12-28-16/h4-10,12-13,21H,2-3,11H2,1H3,(H,22,25)(H,23,24). The van der Waals surface area contributed by atoms with E-state index in [4.69, 9.17) is 4.42 Å². The van der Waals surface area contributed by atoms with Gasteiger partial charge in [0.25, 0.3) is 11.8 Å².